The molecule has 1 aromatic heterocycles. The molecule has 0 aliphatic carbocycles. The molecule has 0 aliphatic rings. The Morgan fingerprint density at radius 2 is 2.20 bits per heavy atom. The van der Waals surface area contributed by atoms with E-state index in [1.807, 2.05) is 14.0 Å². The third-order valence-corrected chi connectivity index (χ3v) is 2.63. The number of rotatable bonds is 8. The molecule has 1 heterocycles. The summed E-state index contributed by atoms with van der Waals surface area (Å²) in [4.78, 5) is 22.2. The van der Waals surface area contributed by atoms with Gasteiger partial charge in [0.15, 0.2) is 5.82 Å². The van der Waals surface area contributed by atoms with Crippen LogP contribution in [0.5, 0.6) is 0 Å². The lowest BCUT2D eigenvalue weighted by Crippen LogP contribution is -2.36. The molecule has 0 saturated carbocycles. The zero-order valence-electron chi connectivity index (χ0n) is 12.6. The Morgan fingerprint density at radius 3 is 2.80 bits per heavy atom. The van der Waals surface area contributed by atoms with Crippen LogP contribution in [0.15, 0.2) is 6.07 Å². The number of carbonyl (C=O) groups is 1. The molecule has 112 valence electrons. The first kappa shape index (κ1) is 16.2. The first-order chi connectivity index (χ1) is 9.60. The molecule has 0 aliphatic heterocycles. The van der Waals surface area contributed by atoms with Crippen LogP contribution in [-0.4, -0.2) is 50.2 Å². The van der Waals surface area contributed by atoms with Crippen LogP contribution in [0.1, 0.15) is 19.2 Å². The van der Waals surface area contributed by atoms with Gasteiger partial charge in [-0.15, -0.1) is 0 Å². The van der Waals surface area contributed by atoms with Gasteiger partial charge in [-0.05, 0) is 6.42 Å². The minimum atomic E-state index is -0.0211. The highest BCUT2D eigenvalue weighted by molar-refractivity contribution is 5.80. The van der Waals surface area contributed by atoms with Crippen LogP contribution in [0.3, 0.4) is 0 Å². The van der Waals surface area contributed by atoms with Crippen molar-refractivity contribution in [1.29, 1.82) is 0 Å². The highest BCUT2D eigenvalue weighted by atomic mass is 16.5. The predicted molar refractivity (Wildman–Crippen MR) is 78.9 cm³/mol. The van der Waals surface area contributed by atoms with Gasteiger partial charge in [-0.25, -0.2) is 9.97 Å². The Bertz CT molecular complexity index is 439. The van der Waals surface area contributed by atoms with Crippen LogP contribution in [0, 0.1) is 0 Å². The topological polar surface area (TPSA) is 79.4 Å². The molecule has 0 unspecified atom stereocenters. The van der Waals surface area contributed by atoms with Gasteiger partial charge in [0.2, 0.25) is 5.91 Å². The molecule has 7 heteroatoms. The molecular formula is C13H23N5O2. The van der Waals surface area contributed by atoms with Crippen molar-refractivity contribution in [2.45, 2.75) is 20.0 Å². The fraction of sp³-hybridized carbons (Fsp3) is 0.615. The Kier molecular flexibility index (Phi) is 6.72. The number of methoxy groups -OCH3 is 1. The maximum Gasteiger partial charge on any atom is 0.239 e. The summed E-state index contributed by atoms with van der Waals surface area (Å²) in [7, 11) is 5.21. The van der Waals surface area contributed by atoms with Crippen molar-refractivity contribution >= 4 is 17.5 Å². The quantitative estimate of drug-likeness (QED) is 0.727. The number of nitrogens with zero attached hydrogens (tertiary/aromatic N) is 3. The van der Waals surface area contributed by atoms with Crippen LogP contribution in [0.2, 0.25) is 0 Å². The number of amides is 1. The number of nitrogens with one attached hydrogen (secondary N) is 2. The summed E-state index contributed by atoms with van der Waals surface area (Å²) >= 11 is 0. The Labute approximate surface area is 119 Å². The fourth-order valence-corrected chi connectivity index (χ4v) is 1.62. The lowest BCUT2D eigenvalue weighted by atomic mass is 10.4. The monoisotopic (exact) mass is 281 g/mol. The third-order valence-electron chi connectivity index (χ3n) is 2.63. The summed E-state index contributed by atoms with van der Waals surface area (Å²) in [6.45, 7) is 3.29. The number of likely N-dealkylation sites (N-methyl/N-ethyl adjacent to an activating group) is 1. The summed E-state index contributed by atoms with van der Waals surface area (Å²) in [5, 5.41) is 5.81. The van der Waals surface area contributed by atoms with Crippen molar-refractivity contribution in [3.8, 4) is 0 Å². The Morgan fingerprint density at radius 1 is 1.45 bits per heavy atom. The Hall–Kier alpha value is -1.89. The molecule has 1 aromatic rings. The van der Waals surface area contributed by atoms with Crippen LogP contribution in [0.4, 0.5) is 11.6 Å². The van der Waals surface area contributed by atoms with Crippen LogP contribution >= 0.6 is 0 Å². The van der Waals surface area contributed by atoms with Gasteiger partial charge < -0.3 is 20.3 Å². The van der Waals surface area contributed by atoms with Crippen molar-refractivity contribution in [1.82, 2.24) is 15.3 Å². The fourth-order valence-electron chi connectivity index (χ4n) is 1.62. The highest BCUT2D eigenvalue weighted by Gasteiger charge is 2.11. The molecular weight excluding hydrogens is 258 g/mol. The molecule has 0 radical (unpaired) electrons. The zero-order valence-corrected chi connectivity index (χ0v) is 12.6. The number of ether oxygens (including phenoxy) is 1. The summed E-state index contributed by atoms with van der Waals surface area (Å²) < 4.78 is 5.05. The first-order valence-electron chi connectivity index (χ1n) is 6.63. The Balaban J connectivity index is 2.77. The SMILES string of the molecule is CCCNC(=O)CN(C)c1cc(NC)nc(COC)n1. The number of aromatic nitrogens is 2. The summed E-state index contributed by atoms with van der Waals surface area (Å²) in [5.41, 5.74) is 0. The zero-order chi connectivity index (χ0) is 15.0. The highest BCUT2D eigenvalue weighted by Crippen LogP contribution is 2.14. The number of carbonyl (C=O) groups excluding carboxylic acids is 1. The van der Waals surface area contributed by atoms with E-state index in [4.69, 9.17) is 4.74 Å². The van der Waals surface area contributed by atoms with E-state index >= 15 is 0 Å². The average molecular weight is 281 g/mol. The van der Waals surface area contributed by atoms with E-state index < -0.39 is 0 Å². The molecule has 20 heavy (non-hydrogen) atoms. The molecule has 0 fully saturated rings. The van der Waals surface area contributed by atoms with Crippen LogP contribution in [-0.2, 0) is 16.1 Å². The van der Waals surface area contributed by atoms with Gasteiger partial charge in [-0.3, -0.25) is 4.79 Å². The number of hydrogen-bond donors (Lipinski definition) is 2. The van der Waals surface area contributed by atoms with Gasteiger partial charge in [0.1, 0.15) is 18.2 Å². The second kappa shape index (κ2) is 8.31. The van der Waals surface area contributed by atoms with Crippen LogP contribution in [0.25, 0.3) is 0 Å². The van der Waals surface area contributed by atoms with E-state index in [1.54, 1.807) is 25.1 Å². The summed E-state index contributed by atoms with van der Waals surface area (Å²) in [6.07, 6.45) is 0.921. The molecule has 0 spiro atoms. The van der Waals surface area contributed by atoms with E-state index in [0.29, 0.717) is 30.6 Å². The number of hydrogen-bond acceptors (Lipinski definition) is 6. The molecule has 0 atom stereocenters. The van der Waals surface area contributed by atoms with Gasteiger partial charge >= 0.3 is 0 Å². The van der Waals surface area contributed by atoms with E-state index in [2.05, 4.69) is 20.6 Å². The second-order valence-corrected chi connectivity index (χ2v) is 4.42. The molecule has 7 nitrogen and oxygen atoms in total. The van der Waals surface area contributed by atoms with Crippen molar-refractivity contribution in [3.63, 3.8) is 0 Å². The molecule has 2 N–H and O–H groups in total. The van der Waals surface area contributed by atoms with Gasteiger partial charge in [0.05, 0.1) is 6.54 Å². The van der Waals surface area contributed by atoms with Crippen molar-refractivity contribution < 1.29 is 9.53 Å². The summed E-state index contributed by atoms with van der Waals surface area (Å²) in [5.74, 6) is 1.94. The van der Waals surface area contributed by atoms with Crippen molar-refractivity contribution in [3.05, 3.63) is 11.9 Å². The van der Waals surface area contributed by atoms with E-state index in [9.17, 15) is 4.79 Å². The van der Waals surface area contributed by atoms with Gasteiger partial charge in [0, 0.05) is 33.8 Å². The average Bonchev–Trinajstić information content (AvgIpc) is 2.45. The third kappa shape index (κ3) is 5.00. The largest absolute Gasteiger partial charge is 0.377 e. The minimum absolute atomic E-state index is 0.0211. The second-order valence-electron chi connectivity index (χ2n) is 4.42. The molecule has 0 aromatic carbocycles. The molecule has 1 amide bonds. The first-order valence-corrected chi connectivity index (χ1v) is 6.63. The minimum Gasteiger partial charge on any atom is -0.377 e. The lowest BCUT2D eigenvalue weighted by molar-refractivity contribution is -0.119. The standard InChI is InChI=1S/C13H23N5O2/c1-5-6-15-13(19)8-18(3)12-7-10(14-2)16-11(17-12)9-20-4/h7H,5-6,8-9H2,1-4H3,(H,15,19)(H,14,16,17). The molecule has 0 bridgehead atoms. The lowest BCUT2D eigenvalue weighted by Gasteiger charge is -2.19. The maximum atomic E-state index is 11.7. The maximum absolute atomic E-state index is 11.7. The molecule has 1 rings (SSSR count). The smallest absolute Gasteiger partial charge is 0.239 e. The van der Waals surface area contributed by atoms with Crippen molar-refractivity contribution in [2.75, 3.05) is 44.5 Å². The van der Waals surface area contributed by atoms with Crippen molar-refractivity contribution in [2.24, 2.45) is 0 Å². The van der Waals surface area contributed by atoms with E-state index in [1.165, 1.54) is 0 Å². The predicted octanol–water partition coefficient (Wildman–Crippen LogP) is 0.627. The van der Waals surface area contributed by atoms with Gasteiger partial charge in [0.25, 0.3) is 0 Å². The number of anilines is 2. The van der Waals surface area contributed by atoms with Gasteiger partial charge in [-0.2, -0.15) is 0 Å². The normalized spacial score (nSPS) is 10.2. The van der Waals surface area contributed by atoms with Crippen LogP contribution < -0.4 is 15.5 Å². The van der Waals surface area contributed by atoms with E-state index in [0.717, 1.165) is 6.42 Å². The van der Waals surface area contributed by atoms with E-state index in [-0.39, 0.29) is 12.5 Å². The summed E-state index contributed by atoms with van der Waals surface area (Å²) in [6, 6.07) is 1.80. The van der Waals surface area contributed by atoms with Gasteiger partial charge in [-0.1, -0.05) is 6.92 Å². The molecule has 0 saturated heterocycles.